The van der Waals surface area contributed by atoms with Crippen molar-refractivity contribution in [1.29, 1.82) is 0 Å². The molecule has 0 aromatic carbocycles. The van der Waals surface area contributed by atoms with Crippen LogP contribution in [0, 0.1) is 0 Å². The minimum atomic E-state index is -0.335. The Labute approximate surface area is 96.0 Å². The van der Waals surface area contributed by atoms with E-state index in [0.29, 0.717) is 12.6 Å². The zero-order chi connectivity index (χ0) is 12.0. The summed E-state index contributed by atoms with van der Waals surface area (Å²) >= 11 is 0. The zero-order valence-electron chi connectivity index (χ0n) is 9.94. The maximum Gasteiger partial charge on any atom is 0.253 e. The van der Waals surface area contributed by atoms with Gasteiger partial charge < -0.3 is 9.47 Å². The Hall–Kier alpha value is -0.690. The van der Waals surface area contributed by atoms with Gasteiger partial charge in [-0.25, -0.2) is 5.84 Å². The number of amides is 1. The molecule has 1 rings (SSSR count). The lowest BCUT2D eigenvalue weighted by Crippen LogP contribution is -2.54. The third-order valence-electron chi connectivity index (χ3n) is 3.03. The van der Waals surface area contributed by atoms with E-state index in [0.717, 1.165) is 26.1 Å². The van der Waals surface area contributed by atoms with Crippen LogP contribution in [0.2, 0.25) is 0 Å². The van der Waals surface area contributed by atoms with E-state index in [1.54, 1.807) is 7.11 Å². The standard InChI is InChI=1S/C10H21N3O3/c1-13(8-3-5-16-6-4-8)9(7-15-2)10(14)12-11/h8-9H,3-7,11H2,1-2H3,(H,12,14). The third kappa shape index (κ3) is 3.41. The van der Waals surface area contributed by atoms with Crippen LogP contribution in [0.1, 0.15) is 12.8 Å². The summed E-state index contributed by atoms with van der Waals surface area (Å²) in [5.74, 6) is 4.95. The lowest BCUT2D eigenvalue weighted by atomic mass is 10.1. The van der Waals surface area contributed by atoms with E-state index >= 15 is 0 Å². The molecule has 0 radical (unpaired) electrons. The van der Waals surface area contributed by atoms with Gasteiger partial charge in [0, 0.05) is 26.4 Å². The van der Waals surface area contributed by atoms with Crippen LogP contribution in [0.3, 0.4) is 0 Å². The van der Waals surface area contributed by atoms with Crippen molar-refractivity contribution in [3.63, 3.8) is 0 Å². The average Bonchev–Trinajstić information content (AvgIpc) is 2.35. The minimum Gasteiger partial charge on any atom is -0.383 e. The highest BCUT2D eigenvalue weighted by Crippen LogP contribution is 2.15. The van der Waals surface area contributed by atoms with Gasteiger partial charge in [-0.1, -0.05) is 0 Å². The van der Waals surface area contributed by atoms with Crippen LogP contribution < -0.4 is 11.3 Å². The molecule has 6 nitrogen and oxygen atoms in total. The molecule has 1 unspecified atom stereocenters. The summed E-state index contributed by atoms with van der Waals surface area (Å²) in [7, 11) is 3.50. The van der Waals surface area contributed by atoms with E-state index in [4.69, 9.17) is 15.3 Å². The molecule has 1 amide bonds. The van der Waals surface area contributed by atoms with E-state index < -0.39 is 0 Å². The molecular formula is C10H21N3O3. The van der Waals surface area contributed by atoms with Crippen molar-refractivity contribution in [1.82, 2.24) is 10.3 Å². The molecule has 0 spiro atoms. The number of methoxy groups -OCH3 is 1. The summed E-state index contributed by atoms with van der Waals surface area (Å²) in [6.07, 6.45) is 1.88. The number of nitrogens with zero attached hydrogens (tertiary/aromatic N) is 1. The lowest BCUT2D eigenvalue weighted by Gasteiger charge is -2.35. The highest BCUT2D eigenvalue weighted by atomic mass is 16.5. The average molecular weight is 231 g/mol. The Morgan fingerprint density at radius 1 is 1.62 bits per heavy atom. The fourth-order valence-electron chi connectivity index (χ4n) is 1.98. The quantitative estimate of drug-likeness (QED) is 0.364. The van der Waals surface area contributed by atoms with Gasteiger partial charge in [-0.3, -0.25) is 15.1 Å². The van der Waals surface area contributed by atoms with E-state index in [9.17, 15) is 4.79 Å². The SMILES string of the molecule is COCC(C(=O)NN)N(C)C1CCOCC1. The van der Waals surface area contributed by atoms with Gasteiger partial charge in [0.25, 0.3) is 5.91 Å². The number of rotatable bonds is 5. The molecule has 94 valence electrons. The molecule has 0 aromatic heterocycles. The molecule has 0 aromatic rings. The maximum atomic E-state index is 11.6. The van der Waals surface area contributed by atoms with Gasteiger partial charge in [0.1, 0.15) is 6.04 Å². The Morgan fingerprint density at radius 2 is 2.25 bits per heavy atom. The van der Waals surface area contributed by atoms with Crippen molar-refractivity contribution in [3.8, 4) is 0 Å². The number of carbonyl (C=O) groups excluding carboxylic acids is 1. The number of ether oxygens (including phenoxy) is 2. The van der Waals surface area contributed by atoms with Crippen molar-refractivity contribution < 1.29 is 14.3 Å². The van der Waals surface area contributed by atoms with Gasteiger partial charge in [0.05, 0.1) is 6.61 Å². The number of nitrogens with one attached hydrogen (secondary N) is 1. The number of carbonyl (C=O) groups is 1. The van der Waals surface area contributed by atoms with Crippen molar-refractivity contribution in [2.45, 2.75) is 24.9 Å². The smallest absolute Gasteiger partial charge is 0.253 e. The topological polar surface area (TPSA) is 76.8 Å². The summed E-state index contributed by atoms with van der Waals surface area (Å²) in [5.41, 5.74) is 2.18. The van der Waals surface area contributed by atoms with Gasteiger partial charge in [0.15, 0.2) is 0 Å². The Balaban J connectivity index is 2.57. The predicted octanol–water partition coefficient (Wildman–Crippen LogP) is -0.898. The molecule has 0 saturated carbocycles. The van der Waals surface area contributed by atoms with E-state index in [2.05, 4.69) is 5.43 Å². The number of likely N-dealkylation sites (N-methyl/N-ethyl adjacent to an activating group) is 1. The van der Waals surface area contributed by atoms with Gasteiger partial charge >= 0.3 is 0 Å². The molecule has 1 atom stereocenters. The number of hydrogen-bond donors (Lipinski definition) is 2. The summed E-state index contributed by atoms with van der Waals surface area (Å²) in [6, 6.07) is 0.0179. The van der Waals surface area contributed by atoms with Crippen LogP contribution in [-0.2, 0) is 14.3 Å². The molecule has 6 heteroatoms. The Morgan fingerprint density at radius 3 is 2.75 bits per heavy atom. The monoisotopic (exact) mass is 231 g/mol. The first-order chi connectivity index (χ1) is 7.70. The van der Waals surface area contributed by atoms with Crippen LogP contribution in [0.4, 0.5) is 0 Å². The number of hydrogen-bond acceptors (Lipinski definition) is 5. The molecule has 0 aliphatic carbocycles. The summed E-state index contributed by atoms with van der Waals surface area (Å²) in [6.45, 7) is 1.84. The number of nitrogens with two attached hydrogens (primary N) is 1. The van der Waals surface area contributed by atoms with Crippen molar-refractivity contribution in [3.05, 3.63) is 0 Å². The van der Waals surface area contributed by atoms with Crippen LogP contribution in [0.25, 0.3) is 0 Å². The second-order valence-electron chi connectivity index (χ2n) is 3.99. The third-order valence-corrected chi connectivity index (χ3v) is 3.03. The van der Waals surface area contributed by atoms with E-state index in [1.807, 2.05) is 11.9 Å². The van der Waals surface area contributed by atoms with Crippen LogP contribution >= 0.6 is 0 Å². The van der Waals surface area contributed by atoms with Gasteiger partial charge in [-0.05, 0) is 19.9 Å². The normalized spacial score (nSPS) is 19.8. The first-order valence-electron chi connectivity index (χ1n) is 5.49. The molecule has 1 aliphatic rings. The fraction of sp³-hybridized carbons (Fsp3) is 0.900. The molecule has 0 bridgehead atoms. The molecule has 1 heterocycles. The molecule has 1 saturated heterocycles. The summed E-state index contributed by atoms with van der Waals surface area (Å²) in [5, 5.41) is 0. The van der Waals surface area contributed by atoms with Gasteiger partial charge in [0.2, 0.25) is 0 Å². The van der Waals surface area contributed by atoms with Crippen LogP contribution in [0.15, 0.2) is 0 Å². The summed E-state index contributed by atoms with van der Waals surface area (Å²) < 4.78 is 10.3. The molecule has 16 heavy (non-hydrogen) atoms. The predicted molar refractivity (Wildman–Crippen MR) is 59.6 cm³/mol. The Kier molecular flexibility index (Phi) is 5.68. The highest BCUT2D eigenvalue weighted by molar-refractivity contribution is 5.81. The van der Waals surface area contributed by atoms with Gasteiger partial charge in [-0.15, -0.1) is 0 Å². The van der Waals surface area contributed by atoms with E-state index in [1.165, 1.54) is 0 Å². The lowest BCUT2D eigenvalue weighted by molar-refractivity contribution is -0.129. The molecule has 3 N–H and O–H groups in total. The van der Waals surface area contributed by atoms with Gasteiger partial charge in [-0.2, -0.15) is 0 Å². The number of hydrazine groups is 1. The van der Waals surface area contributed by atoms with Crippen molar-refractivity contribution in [2.24, 2.45) is 5.84 Å². The highest BCUT2D eigenvalue weighted by Gasteiger charge is 2.29. The largest absolute Gasteiger partial charge is 0.383 e. The molecular weight excluding hydrogens is 210 g/mol. The van der Waals surface area contributed by atoms with Crippen LogP contribution in [0.5, 0.6) is 0 Å². The van der Waals surface area contributed by atoms with Crippen molar-refractivity contribution in [2.75, 3.05) is 34.0 Å². The van der Waals surface area contributed by atoms with E-state index in [-0.39, 0.29) is 11.9 Å². The second kappa shape index (κ2) is 6.80. The van der Waals surface area contributed by atoms with Crippen LogP contribution in [-0.4, -0.2) is 56.9 Å². The zero-order valence-corrected chi connectivity index (χ0v) is 9.94. The Bertz CT molecular complexity index is 219. The molecule has 1 fully saturated rings. The molecule has 1 aliphatic heterocycles. The first-order valence-corrected chi connectivity index (χ1v) is 5.49. The maximum absolute atomic E-state index is 11.6. The summed E-state index contributed by atoms with van der Waals surface area (Å²) in [4.78, 5) is 13.6. The first kappa shape index (κ1) is 13.4. The minimum absolute atomic E-state index is 0.212. The van der Waals surface area contributed by atoms with Crippen molar-refractivity contribution >= 4 is 5.91 Å². The fourth-order valence-corrected chi connectivity index (χ4v) is 1.98. The second-order valence-corrected chi connectivity index (χ2v) is 3.99.